The van der Waals surface area contributed by atoms with Gasteiger partial charge >= 0.3 is 0 Å². The van der Waals surface area contributed by atoms with E-state index in [0.29, 0.717) is 18.6 Å². The molecule has 0 bridgehead atoms. The maximum absolute atomic E-state index is 6.25. The van der Waals surface area contributed by atoms with Crippen molar-refractivity contribution < 1.29 is 4.74 Å². The lowest BCUT2D eigenvalue weighted by Gasteiger charge is -2.31. The van der Waals surface area contributed by atoms with Crippen LogP contribution in [0, 0.1) is 19.8 Å². The van der Waals surface area contributed by atoms with Crippen LogP contribution < -0.4 is 10.5 Å². The molecule has 0 aromatic carbocycles. The second kappa shape index (κ2) is 6.38. The Kier molecular flexibility index (Phi) is 4.81. The average molecular weight is 262 g/mol. The molecule has 3 nitrogen and oxygen atoms in total. The molecule has 0 aliphatic heterocycles. The van der Waals surface area contributed by atoms with Crippen molar-refractivity contribution in [3.63, 3.8) is 0 Å². The molecule has 1 saturated carbocycles. The first kappa shape index (κ1) is 14.3. The van der Waals surface area contributed by atoms with Gasteiger partial charge in [0.2, 0.25) is 5.88 Å². The van der Waals surface area contributed by atoms with Crippen LogP contribution in [0.5, 0.6) is 5.88 Å². The van der Waals surface area contributed by atoms with E-state index in [4.69, 9.17) is 10.5 Å². The third-order valence-electron chi connectivity index (χ3n) is 4.27. The molecule has 2 rings (SSSR count). The zero-order valence-electron chi connectivity index (χ0n) is 12.4. The predicted molar refractivity (Wildman–Crippen MR) is 78.3 cm³/mol. The molecule has 2 unspecified atom stereocenters. The summed E-state index contributed by atoms with van der Waals surface area (Å²) < 4.78 is 6.25. The zero-order chi connectivity index (χ0) is 13.8. The summed E-state index contributed by atoms with van der Waals surface area (Å²) in [6, 6.07) is 2.08. The lowest BCUT2D eigenvalue weighted by Crippen LogP contribution is -2.30. The Balaban J connectivity index is 2.21. The van der Waals surface area contributed by atoms with Crippen LogP contribution in [0.15, 0.2) is 6.07 Å². The van der Waals surface area contributed by atoms with Crippen molar-refractivity contribution in [3.05, 3.63) is 22.9 Å². The fraction of sp³-hybridized carbons (Fsp3) is 0.688. The standard InChI is InChI=1S/C16H26N2O/c1-4-13-7-5-6-8-15(13)19-16-14(10-17)11(2)9-12(3)18-16/h9,13,15H,4-8,10,17H2,1-3H3. The number of hydrogen-bond donors (Lipinski definition) is 1. The maximum atomic E-state index is 6.25. The molecule has 1 heterocycles. The molecule has 0 amide bonds. The fourth-order valence-corrected chi connectivity index (χ4v) is 3.11. The van der Waals surface area contributed by atoms with Gasteiger partial charge in [0.15, 0.2) is 0 Å². The summed E-state index contributed by atoms with van der Waals surface area (Å²) in [6.07, 6.45) is 6.54. The lowest BCUT2D eigenvalue weighted by atomic mass is 9.85. The Hall–Kier alpha value is -1.09. The van der Waals surface area contributed by atoms with Crippen LogP contribution in [0.1, 0.15) is 55.8 Å². The van der Waals surface area contributed by atoms with Gasteiger partial charge in [0.1, 0.15) is 6.10 Å². The number of aryl methyl sites for hydroxylation is 2. The Morgan fingerprint density at radius 3 is 2.74 bits per heavy atom. The van der Waals surface area contributed by atoms with Gasteiger partial charge in [-0.15, -0.1) is 0 Å². The Morgan fingerprint density at radius 1 is 1.32 bits per heavy atom. The van der Waals surface area contributed by atoms with Crippen LogP contribution in [-0.4, -0.2) is 11.1 Å². The molecule has 1 aliphatic rings. The Bertz CT molecular complexity index is 431. The normalized spacial score (nSPS) is 23.4. The van der Waals surface area contributed by atoms with Gasteiger partial charge in [0.05, 0.1) is 0 Å². The highest BCUT2D eigenvalue weighted by Gasteiger charge is 2.26. The largest absolute Gasteiger partial charge is 0.474 e. The number of ether oxygens (including phenoxy) is 1. The van der Waals surface area contributed by atoms with Crippen molar-refractivity contribution in [1.29, 1.82) is 0 Å². The summed E-state index contributed by atoms with van der Waals surface area (Å²) in [7, 11) is 0. The molecule has 0 spiro atoms. The first-order valence-corrected chi connectivity index (χ1v) is 7.49. The van der Waals surface area contributed by atoms with Gasteiger partial charge < -0.3 is 10.5 Å². The van der Waals surface area contributed by atoms with Crippen LogP contribution >= 0.6 is 0 Å². The van der Waals surface area contributed by atoms with E-state index in [2.05, 4.69) is 24.9 Å². The molecule has 0 saturated heterocycles. The van der Waals surface area contributed by atoms with Gasteiger partial charge in [0, 0.05) is 17.8 Å². The zero-order valence-corrected chi connectivity index (χ0v) is 12.4. The summed E-state index contributed by atoms with van der Waals surface area (Å²) in [5, 5.41) is 0. The molecule has 3 heteroatoms. The average Bonchev–Trinajstić information content (AvgIpc) is 2.39. The van der Waals surface area contributed by atoms with Crippen molar-refractivity contribution in [2.24, 2.45) is 11.7 Å². The minimum Gasteiger partial charge on any atom is -0.474 e. The first-order chi connectivity index (χ1) is 9.15. The fourth-order valence-electron chi connectivity index (χ4n) is 3.11. The third kappa shape index (κ3) is 3.27. The second-order valence-corrected chi connectivity index (χ2v) is 5.68. The Labute approximate surface area is 116 Å². The van der Waals surface area contributed by atoms with Gasteiger partial charge in [0.25, 0.3) is 0 Å². The summed E-state index contributed by atoms with van der Waals surface area (Å²) >= 11 is 0. The van der Waals surface area contributed by atoms with E-state index < -0.39 is 0 Å². The van der Waals surface area contributed by atoms with Crippen LogP contribution in [0.2, 0.25) is 0 Å². The number of aromatic nitrogens is 1. The van der Waals surface area contributed by atoms with Crippen LogP contribution in [0.25, 0.3) is 0 Å². The van der Waals surface area contributed by atoms with Crippen LogP contribution in [0.4, 0.5) is 0 Å². The third-order valence-corrected chi connectivity index (χ3v) is 4.27. The molecule has 2 atom stereocenters. The molecule has 1 aromatic rings. The Morgan fingerprint density at radius 2 is 2.05 bits per heavy atom. The van der Waals surface area contributed by atoms with Crippen molar-refractivity contribution in [3.8, 4) is 5.88 Å². The molecule has 0 radical (unpaired) electrons. The highest BCUT2D eigenvalue weighted by atomic mass is 16.5. The van der Waals surface area contributed by atoms with Gasteiger partial charge in [-0.3, -0.25) is 0 Å². The maximum Gasteiger partial charge on any atom is 0.218 e. The second-order valence-electron chi connectivity index (χ2n) is 5.68. The van der Waals surface area contributed by atoms with Crippen molar-refractivity contribution in [1.82, 2.24) is 4.98 Å². The number of pyridine rings is 1. The van der Waals surface area contributed by atoms with Gasteiger partial charge in [-0.1, -0.05) is 13.3 Å². The van der Waals surface area contributed by atoms with E-state index in [1.165, 1.54) is 31.2 Å². The first-order valence-electron chi connectivity index (χ1n) is 7.49. The molecule has 1 fully saturated rings. The molecule has 1 aliphatic carbocycles. The monoisotopic (exact) mass is 262 g/mol. The smallest absolute Gasteiger partial charge is 0.218 e. The minimum absolute atomic E-state index is 0.317. The summed E-state index contributed by atoms with van der Waals surface area (Å²) in [5.74, 6) is 1.44. The van der Waals surface area contributed by atoms with E-state index in [9.17, 15) is 0 Å². The van der Waals surface area contributed by atoms with Gasteiger partial charge in [-0.25, -0.2) is 4.98 Å². The summed E-state index contributed by atoms with van der Waals surface area (Å²) in [5.41, 5.74) is 9.11. The SMILES string of the molecule is CCC1CCCCC1Oc1nc(C)cc(C)c1CN. The quantitative estimate of drug-likeness (QED) is 0.903. The molecular formula is C16H26N2O. The van der Waals surface area contributed by atoms with Crippen LogP contribution in [0.3, 0.4) is 0 Å². The molecular weight excluding hydrogens is 236 g/mol. The topological polar surface area (TPSA) is 48.1 Å². The molecule has 1 aromatic heterocycles. The van der Waals surface area contributed by atoms with E-state index in [-0.39, 0.29) is 0 Å². The summed E-state index contributed by atoms with van der Waals surface area (Å²) in [6.45, 7) is 6.85. The minimum atomic E-state index is 0.317. The van der Waals surface area contributed by atoms with Gasteiger partial charge in [-0.2, -0.15) is 0 Å². The van der Waals surface area contributed by atoms with Crippen molar-refractivity contribution in [2.75, 3.05) is 0 Å². The molecule has 106 valence electrons. The highest BCUT2D eigenvalue weighted by molar-refractivity contribution is 5.35. The van der Waals surface area contributed by atoms with Crippen molar-refractivity contribution in [2.45, 2.75) is 65.5 Å². The number of nitrogens with zero attached hydrogens (tertiary/aromatic N) is 1. The van der Waals surface area contributed by atoms with E-state index in [0.717, 1.165) is 23.6 Å². The van der Waals surface area contributed by atoms with E-state index >= 15 is 0 Å². The number of nitrogens with two attached hydrogens (primary N) is 1. The lowest BCUT2D eigenvalue weighted by molar-refractivity contribution is 0.0846. The number of hydrogen-bond acceptors (Lipinski definition) is 3. The molecule has 19 heavy (non-hydrogen) atoms. The van der Waals surface area contributed by atoms with Crippen LogP contribution in [-0.2, 0) is 6.54 Å². The summed E-state index contributed by atoms with van der Waals surface area (Å²) in [4.78, 5) is 4.57. The van der Waals surface area contributed by atoms with Gasteiger partial charge in [-0.05, 0) is 57.1 Å². The van der Waals surface area contributed by atoms with E-state index in [1.54, 1.807) is 0 Å². The highest BCUT2D eigenvalue weighted by Crippen LogP contribution is 2.31. The predicted octanol–water partition coefficient (Wildman–Crippen LogP) is 3.50. The number of rotatable bonds is 4. The molecule has 2 N–H and O–H groups in total. The van der Waals surface area contributed by atoms with E-state index in [1.807, 2.05) is 6.92 Å². The van der Waals surface area contributed by atoms with Crippen molar-refractivity contribution >= 4 is 0 Å².